The molecule has 1 N–H and O–H groups in total. The Kier molecular flexibility index (Phi) is 6.34. The van der Waals surface area contributed by atoms with Crippen molar-refractivity contribution in [2.75, 3.05) is 52.5 Å². The molecule has 0 radical (unpaired) electrons. The Morgan fingerprint density at radius 3 is 2.80 bits per heavy atom. The van der Waals surface area contributed by atoms with Gasteiger partial charge in [0.1, 0.15) is 18.0 Å². The lowest BCUT2D eigenvalue weighted by molar-refractivity contribution is -0.0689. The van der Waals surface area contributed by atoms with Crippen molar-refractivity contribution < 1.29 is 14.6 Å². The molecule has 25 heavy (non-hydrogen) atoms. The predicted molar refractivity (Wildman–Crippen MR) is 99.2 cm³/mol. The van der Waals surface area contributed by atoms with Crippen LogP contribution >= 0.6 is 0 Å². The third-order valence-electron chi connectivity index (χ3n) is 5.41. The second-order valence-electron chi connectivity index (χ2n) is 7.52. The molecule has 1 atom stereocenters. The second-order valence-corrected chi connectivity index (χ2v) is 7.52. The summed E-state index contributed by atoms with van der Waals surface area (Å²) in [5.41, 5.74) is 0.202. The van der Waals surface area contributed by atoms with Crippen LogP contribution in [0.25, 0.3) is 0 Å². The monoisotopic (exact) mass is 348 g/mol. The summed E-state index contributed by atoms with van der Waals surface area (Å²) < 4.78 is 11.6. The number of aliphatic hydroxyl groups is 1. The minimum atomic E-state index is -0.956. The number of aryl methyl sites for hydroxylation is 1. The Hall–Kier alpha value is -1.14. The lowest BCUT2D eigenvalue weighted by atomic mass is 9.99. The number of hydrogen-bond donors (Lipinski definition) is 1. The number of rotatable bonds is 5. The zero-order valence-corrected chi connectivity index (χ0v) is 15.6. The lowest BCUT2D eigenvalue weighted by Crippen LogP contribution is -2.53. The highest BCUT2D eigenvalue weighted by Gasteiger charge is 2.36. The third kappa shape index (κ3) is 5.17. The van der Waals surface area contributed by atoms with E-state index in [0.29, 0.717) is 25.8 Å². The van der Waals surface area contributed by atoms with Crippen molar-refractivity contribution in [3.8, 4) is 5.75 Å². The molecular formula is C20H32N2O3. The fourth-order valence-electron chi connectivity index (χ4n) is 3.87. The summed E-state index contributed by atoms with van der Waals surface area (Å²) in [6, 6.07) is 8.49. The maximum Gasteiger partial charge on any atom is 0.134 e. The van der Waals surface area contributed by atoms with E-state index in [1.165, 1.54) is 12.8 Å². The Bertz CT molecular complexity index is 545. The SMILES string of the molecule is CCN1CCC(N2CCOC[C@@](O)(COc3cccc(C)c3)C2)CC1. The summed E-state index contributed by atoms with van der Waals surface area (Å²) in [6.07, 6.45) is 2.34. The van der Waals surface area contributed by atoms with Gasteiger partial charge in [-0.2, -0.15) is 0 Å². The Labute approximate surface area is 151 Å². The van der Waals surface area contributed by atoms with Crippen LogP contribution in [-0.4, -0.2) is 79.1 Å². The Balaban J connectivity index is 1.58. The summed E-state index contributed by atoms with van der Waals surface area (Å²) >= 11 is 0. The molecule has 1 aromatic rings. The maximum atomic E-state index is 11.1. The molecule has 0 aromatic heterocycles. The van der Waals surface area contributed by atoms with Crippen molar-refractivity contribution in [1.29, 1.82) is 0 Å². The van der Waals surface area contributed by atoms with Gasteiger partial charge in [-0.3, -0.25) is 4.90 Å². The van der Waals surface area contributed by atoms with Crippen LogP contribution in [0.5, 0.6) is 5.75 Å². The van der Waals surface area contributed by atoms with Crippen molar-refractivity contribution in [3.63, 3.8) is 0 Å². The van der Waals surface area contributed by atoms with Gasteiger partial charge in [0.2, 0.25) is 0 Å². The summed E-state index contributed by atoms with van der Waals surface area (Å²) in [5.74, 6) is 0.806. The van der Waals surface area contributed by atoms with E-state index in [9.17, 15) is 5.11 Å². The average molecular weight is 348 g/mol. The first kappa shape index (κ1) is 18.6. The molecule has 140 valence electrons. The molecule has 0 aliphatic carbocycles. The van der Waals surface area contributed by atoms with Gasteiger partial charge in [-0.1, -0.05) is 19.1 Å². The van der Waals surface area contributed by atoms with E-state index in [1.54, 1.807) is 0 Å². The van der Waals surface area contributed by atoms with Crippen LogP contribution in [-0.2, 0) is 4.74 Å². The predicted octanol–water partition coefficient (Wildman–Crippen LogP) is 1.92. The van der Waals surface area contributed by atoms with Crippen LogP contribution < -0.4 is 4.74 Å². The third-order valence-corrected chi connectivity index (χ3v) is 5.41. The van der Waals surface area contributed by atoms with E-state index in [-0.39, 0.29) is 6.61 Å². The highest BCUT2D eigenvalue weighted by Crippen LogP contribution is 2.22. The van der Waals surface area contributed by atoms with E-state index >= 15 is 0 Å². The van der Waals surface area contributed by atoms with E-state index in [1.807, 2.05) is 31.2 Å². The topological polar surface area (TPSA) is 45.2 Å². The quantitative estimate of drug-likeness (QED) is 0.881. The molecule has 5 heteroatoms. The first-order chi connectivity index (χ1) is 12.1. The normalized spacial score (nSPS) is 27.2. The standard InChI is InChI=1S/C20H32N2O3/c1-3-21-9-7-18(8-10-21)22-11-12-24-15-20(23,14-22)16-25-19-6-4-5-17(2)13-19/h4-6,13,18,23H,3,7-12,14-16H2,1-2H3/t20-/m1/s1. The number of piperidine rings is 1. The number of hydrogen-bond acceptors (Lipinski definition) is 5. The number of likely N-dealkylation sites (tertiary alicyclic amines) is 1. The molecule has 2 fully saturated rings. The van der Waals surface area contributed by atoms with Crippen LogP contribution in [0.1, 0.15) is 25.3 Å². The zero-order chi connectivity index (χ0) is 17.7. The van der Waals surface area contributed by atoms with Gasteiger partial charge in [0.15, 0.2) is 0 Å². The number of ether oxygens (including phenoxy) is 2. The molecule has 0 spiro atoms. The van der Waals surface area contributed by atoms with Crippen molar-refractivity contribution in [2.24, 2.45) is 0 Å². The molecule has 2 heterocycles. The van der Waals surface area contributed by atoms with Crippen molar-refractivity contribution in [3.05, 3.63) is 29.8 Å². The first-order valence-electron chi connectivity index (χ1n) is 9.54. The van der Waals surface area contributed by atoms with Gasteiger partial charge in [-0.05, 0) is 57.1 Å². The van der Waals surface area contributed by atoms with Crippen LogP contribution in [0, 0.1) is 6.92 Å². The molecule has 1 aromatic carbocycles. The molecule has 2 saturated heterocycles. The van der Waals surface area contributed by atoms with E-state index in [4.69, 9.17) is 9.47 Å². The minimum Gasteiger partial charge on any atom is -0.490 e. The zero-order valence-electron chi connectivity index (χ0n) is 15.6. The van der Waals surface area contributed by atoms with Gasteiger partial charge in [-0.15, -0.1) is 0 Å². The van der Waals surface area contributed by atoms with Crippen LogP contribution in [0.15, 0.2) is 24.3 Å². The Morgan fingerprint density at radius 1 is 1.28 bits per heavy atom. The number of β-amino-alcohol motifs (C(OH)–C–C–N with tert-alkyl or cyclic N) is 1. The molecule has 0 amide bonds. The number of nitrogens with zero attached hydrogens (tertiary/aromatic N) is 2. The maximum absolute atomic E-state index is 11.1. The lowest BCUT2D eigenvalue weighted by Gasteiger charge is -2.40. The van der Waals surface area contributed by atoms with Gasteiger partial charge >= 0.3 is 0 Å². The summed E-state index contributed by atoms with van der Waals surface area (Å²) in [7, 11) is 0. The molecule has 0 unspecified atom stereocenters. The Morgan fingerprint density at radius 2 is 2.08 bits per heavy atom. The fourth-order valence-corrected chi connectivity index (χ4v) is 3.87. The average Bonchev–Trinajstić information content (AvgIpc) is 2.83. The van der Waals surface area contributed by atoms with Crippen LogP contribution in [0.4, 0.5) is 0 Å². The highest BCUT2D eigenvalue weighted by atomic mass is 16.5. The largest absolute Gasteiger partial charge is 0.490 e. The van der Waals surface area contributed by atoms with Crippen LogP contribution in [0.3, 0.4) is 0 Å². The summed E-state index contributed by atoms with van der Waals surface area (Å²) in [5, 5.41) is 11.1. The first-order valence-corrected chi connectivity index (χ1v) is 9.54. The van der Waals surface area contributed by atoms with Crippen molar-refractivity contribution in [2.45, 2.75) is 38.3 Å². The fraction of sp³-hybridized carbons (Fsp3) is 0.700. The molecule has 3 rings (SSSR count). The van der Waals surface area contributed by atoms with E-state index < -0.39 is 5.60 Å². The molecule has 0 bridgehead atoms. The van der Waals surface area contributed by atoms with Gasteiger partial charge in [-0.25, -0.2) is 0 Å². The summed E-state index contributed by atoms with van der Waals surface area (Å²) in [6.45, 7) is 10.5. The summed E-state index contributed by atoms with van der Waals surface area (Å²) in [4.78, 5) is 4.91. The molecule has 0 saturated carbocycles. The molecule has 5 nitrogen and oxygen atoms in total. The minimum absolute atomic E-state index is 0.265. The van der Waals surface area contributed by atoms with Gasteiger partial charge < -0.3 is 19.5 Å². The van der Waals surface area contributed by atoms with E-state index in [2.05, 4.69) is 16.7 Å². The molecular weight excluding hydrogens is 316 g/mol. The molecule has 2 aliphatic rings. The van der Waals surface area contributed by atoms with Gasteiger partial charge in [0, 0.05) is 19.1 Å². The van der Waals surface area contributed by atoms with Gasteiger partial charge in [0.25, 0.3) is 0 Å². The van der Waals surface area contributed by atoms with E-state index in [0.717, 1.165) is 37.5 Å². The second kappa shape index (κ2) is 8.49. The van der Waals surface area contributed by atoms with Crippen molar-refractivity contribution in [1.82, 2.24) is 9.80 Å². The van der Waals surface area contributed by atoms with Crippen molar-refractivity contribution >= 4 is 0 Å². The van der Waals surface area contributed by atoms with Gasteiger partial charge in [0.05, 0.1) is 13.2 Å². The smallest absolute Gasteiger partial charge is 0.134 e. The molecule has 2 aliphatic heterocycles. The number of benzene rings is 1. The highest BCUT2D eigenvalue weighted by molar-refractivity contribution is 5.27. The van der Waals surface area contributed by atoms with Crippen LogP contribution in [0.2, 0.25) is 0 Å².